The number of hydrogen-bond acceptors (Lipinski definition) is 10. The summed E-state index contributed by atoms with van der Waals surface area (Å²) >= 11 is 1.22. The molecule has 3 saturated heterocycles. The van der Waals surface area contributed by atoms with Crippen LogP contribution < -0.4 is 21.5 Å². The van der Waals surface area contributed by atoms with E-state index in [2.05, 4.69) is 20.9 Å². The first-order valence-electron chi connectivity index (χ1n) is 16.3. The van der Waals surface area contributed by atoms with E-state index in [9.17, 15) is 24.0 Å². The van der Waals surface area contributed by atoms with E-state index in [0.717, 1.165) is 10.3 Å². The van der Waals surface area contributed by atoms with Gasteiger partial charge in [-0.15, -0.1) is 11.3 Å². The Balaban J connectivity index is 1.15. The van der Waals surface area contributed by atoms with Crippen molar-refractivity contribution in [3.8, 4) is 0 Å². The first-order chi connectivity index (χ1) is 23.8. The number of ether oxygens (including phenoxy) is 3. The predicted molar refractivity (Wildman–Crippen MR) is 179 cm³/mol. The Bertz CT molecular complexity index is 1900. The summed E-state index contributed by atoms with van der Waals surface area (Å²) in [4.78, 5) is 72.1. The van der Waals surface area contributed by atoms with E-state index in [4.69, 9.17) is 14.2 Å². The van der Waals surface area contributed by atoms with Gasteiger partial charge in [0.05, 0.1) is 35.4 Å². The Kier molecular flexibility index (Phi) is 9.51. The van der Waals surface area contributed by atoms with E-state index < -0.39 is 53.7 Å². The molecule has 0 unspecified atom stereocenters. The van der Waals surface area contributed by atoms with Gasteiger partial charge in [0.2, 0.25) is 17.6 Å². The highest BCUT2D eigenvalue weighted by molar-refractivity contribution is 7.20. The number of Topliss-reactive ketones (excluding diaryl/α,β-unsaturated/α-hetero) is 1. The van der Waals surface area contributed by atoms with Gasteiger partial charge in [-0.3, -0.25) is 24.5 Å². The van der Waals surface area contributed by atoms with Crippen molar-refractivity contribution in [3.63, 3.8) is 0 Å². The zero-order valence-electron chi connectivity index (χ0n) is 26.4. The van der Waals surface area contributed by atoms with E-state index in [1.165, 1.54) is 28.2 Å². The van der Waals surface area contributed by atoms with Crippen LogP contribution in [0.1, 0.15) is 40.7 Å². The van der Waals surface area contributed by atoms with Crippen LogP contribution in [-0.4, -0.2) is 71.4 Å². The van der Waals surface area contributed by atoms with Crippen LogP contribution in [0.4, 0.5) is 10.5 Å². The molecule has 3 aliphatic rings. The fourth-order valence-corrected chi connectivity index (χ4v) is 7.57. The monoisotopic (exact) mass is 685 g/mol. The van der Waals surface area contributed by atoms with Crippen LogP contribution >= 0.6 is 11.3 Å². The molecule has 3 amide bonds. The van der Waals surface area contributed by atoms with Crippen molar-refractivity contribution < 1.29 is 33.4 Å². The van der Waals surface area contributed by atoms with Gasteiger partial charge in [-0.25, -0.2) is 9.78 Å². The van der Waals surface area contributed by atoms with Crippen LogP contribution in [0.15, 0.2) is 77.7 Å². The molecule has 13 nitrogen and oxygen atoms in total. The molecule has 3 aliphatic heterocycles. The summed E-state index contributed by atoms with van der Waals surface area (Å²) in [7, 11) is 0. The quantitative estimate of drug-likeness (QED) is 0.201. The number of amides is 3. The van der Waals surface area contributed by atoms with Gasteiger partial charge in [0, 0.05) is 25.1 Å². The minimum absolute atomic E-state index is 0.0739. The predicted octanol–water partition coefficient (Wildman–Crippen LogP) is 3.45. The lowest BCUT2D eigenvalue weighted by Crippen LogP contribution is -2.47. The van der Waals surface area contributed by atoms with E-state index in [1.54, 1.807) is 12.1 Å². The molecule has 0 saturated carbocycles. The van der Waals surface area contributed by atoms with Gasteiger partial charge in [-0.1, -0.05) is 42.5 Å². The SMILES string of the molecule is O=C(Nc1cccn([C@@H](Cc2ccccc2)C(=O)N[C@@H](C[C@@H]2CCNC2=O)C(=O)c2nc3ccccc3s2)c1=O)O[C@H]1CO[C@H]2OCC[C@H]21. The standard InChI is InChI=1S/C35H35N5O8S/c41-29(32-38-23-9-4-5-11-28(23)49-32)25(18-21-12-14-36-30(21)42)37-31(43)26(17-20-7-2-1-3-8-20)40-15-6-10-24(33(40)44)39-35(45)48-27-19-47-34-22(27)13-16-46-34/h1-11,15,21-22,25-27,34H,12-14,16-19H2,(H,36,42)(H,37,43)(H,39,45)/t21-,22-,25-,26-,27-,34+/m0/s1. The number of carbonyl (C=O) groups excluding carboxylic acids is 4. The summed E-state index contributed by atoms with van der Waals surface area (Å²) in [6, 6.07) is 17.3. The molecule has 3 fully saturated rings. The van der Waals surface area contributed by atoms with Crippen LogP contribution in [0.5, 0.6) is 0 Å². The normalized spacial score (nSPS) is 22.7. The lowest BCUT2D eigenvalue weighted by atomic mass is 9.95. The number of rotatable bonds is 11. The van der Waals surface area contributed by atoms with E-state index in [1.807, 2.05) is 48.5 Å². The average Bonchev–Trinajstić information content (AvgIpc) is 3.91. The van der Waals surface area contributed by atoms with Crippen molar-refractivity contribution in [2.45, 2.75) is 50.2 Å². The van der Waals surface area contributed by atoms with Crippen LogP contribution in [0.25, 0.3) is 10.2 Å². The minimum Gasteiger partial charge on any atom is -0.443 e. The summed E-state index contributed by atoms with van der Waals surface area (Å²) in [5.74, 6) is -1.75. The second-order valence-electron chi connectivity index (χ2n) is 12.4. The Morgan fingerprint density at radius 1 is 1.02 bits per heavy atom. The van der Waals surface area contributed by atoms with E-state index >= 15 is 0 Å². The van der Waals surface area contributed by atoms with Crippen molar-refractivity contribution in [2.24, 2.45) is 11.8 Å². The molecule has 254 valence electrons. The zero-order valence-corrected chi connectivity index (χ0v) is 27.2. The second kappa shape index (κ2) is 14.3. The molecule has 2 aromatic heterocycles. The van der Waals surface area contributed by atoms with Crippen molar-refractivity contribution in [1.82, 2.24) is 20.2 Å². The third kappa shape index (κ3) is 7.12. The Morgan fingerprint density at radius 2 is 1.84 bits per heavy atom. The summed E-state index contributed by atoms with van der Waals surface area (Å²) in [5.41, 5.74) is 0.713. The lowest BCUT2D eigenvalue weighted by Gasteiger charge is -2.25. The fourth-order valence-electron chi connectivity index (χ4n) is 6.61. The number of nitrogens with zero attached hydrogens (tertiary/aromatic N) is 2. The minimum atomic E-state index is -1.12. The number of para-hydroxylation sites is 1. The number of thiazole rings is 1. The molecule has 4 aromatic rings. The summed E-state index contributed by atoms with van der Waals surface area (Å²) in [6.07, 6.45) is 1.13. The van der Waals surface area contributed by atoms with Gasteiger partial charge in [-0.2, -0.15) is 0 Å². The number of carbonyl (C=O) groups is 4. The van der Waals surface area contributed by atoms with Gasteiger partial charge >= 0.3 is 6.09 Å². The number of ketones is 1. The number of hydrogen-bond donors (Lipinski definition) is 3. The molecular weight excluding hydrogens is 650 g/mol. The number of nitrogens with one attached hydrogen (secondary N) is 3. The van der Waals surface area contributed by atoms with Crippen molar-refractivity contribution in [3.05, 3.63) is 93.9 Å². The third-order valence-corrected chi connectivity index (χ3v) is 10.2. The van der Waals surface area contributed by atoms with Crippen LogP contribution in [0.3, 0.4) is 0 Å². The highest BCUT2D eigenvalue weighted by Crippen LogP contribution is 2.33. The van der Waals surface area contributed by atoms with E-state index in [0.29, 0.717) is 31.5 Å². The maximum absolute atomic E-state index is 14.3. The molecule has 49 heavy (non-hydrogen) atoms. The molecule has 0 radical (unpaired) electrons. The average molecular weight is 686 g/mol. The smallest absolute Gasteiger partial charge is 0.412 e. The Morgan fingerprint density at radius 3 is 2.63 bits per heavy atom. The van der Waals surface area contributed by atoms with Gasteiger partial charge in [0.25, 0.3) is 5.56 Å². The number of benzene rings is 2. The molecule has 6 atom stereocenters. The van der Waals surface area contributed by atoms with Crippen LogP contribution in [-0.2, 0) is 30.2 Å². The van der Waals surface area contributed by atoms with Gasteiger partial charge < -0.3 is 29.4 Å². The number of pyridine rings is 1. The van der Waals surface area contributed by atoms with Crippen molar-refractivity contribution in [1.29, 1.82) is 0 Å². The van der Waals surface area contributed by atoms with Gasteiger partial charge in [0.15, 0.2) is 11.3 Å². The molecular formula is C35H35N5O8S. The van der Waals surface area contributed by atoms with Gasteiger partial charge in [-0.05, 0) is 49.1 Å². The summed E-state index contributed by atoms with van der Waals surface area (Å²) in [5, 5.41) is 8.43. The molecule has 14 heteroatoms. The van der Waals surface area contributed by atoms with Crippen molar-refractivity contribution in [2.75, 3.05) is 25.1 Å². The summed E-state index contributed by atoms with van der Waals surface area (Å²) in [6.45, 7) is 1.20. The largest absolute Gasteiger partial charge is 0.443 e. The molecule has 7 rings (SSSR count). The maximum atomic E-state index is 14.3. The number of anilines is 1. The molecule has 2 aromatic carbocycles. The first-order valence-corrected chi connectivity index (χ1v) is 17.1. The molecule has 5 heterocycles. The van der Waals surface area contributed by atoms with E-state index in [-0.39, 0.29) is 42.0 Å². The van der Waals surface area contributed by atoms with Crippen LogP contribution in [0.2, 0.25) is 0 Å². The lowest BCUT2D eigenvalue weighted by molar-refractivity contribution is -0.126. The molecule has 3 N–H and O–H groups in total. The zero-order chi connectivity index (χ0) is 33.9. The first kappa shape index (κ1) is 32.6. The Hall–Kier alpha value is -4.92. The maximum Gasteiger partial charge on any atom is 0.412 e. The molecule has 0 spiro atoms. The fraction of sp³-hybridized carbons (Fsp3) is 0.371. The highest BCUT2D eigenvalue weighted by atomic mass is 32.1. The molecule has 0 bridgehead atoms. The van der Waals surface area contributed by atoms with Gasteiger partial charge in [0.1, 0.15) is 17.8 Å². The van der Waals surface area contributed by atoms with Crippen molar-refractivity contribution >= 4 is 50.9 Å². The number of fused-ring (bicyclic) bond motifs is 2. The van der Waals surface area contributed by atoms with Crippen LogP contribution in [0, 0.1) is 11.8 Å². The molecule has 0 aliphatic carbocycles. The number of aromatic nitrogens is 2. The third-order valence-electron chi connectivity index (χ3n) is 9.19. The summed E-state index contributed by atoms with van der Waals surface area (Å²) < 4.78 is 18.7. The topological polar surface area (TPSA) is 167 Å². The second-order valence-corrected chi connectivity index (χ2v) is 13.4. The Labute approximate surface area is 285 Å². The highest BCUT2D eigenvalue weighted by Gasteiger charge is 2.44.